The van der Waals surface area contributed by atoms with Crippen LogP contribution in [0, 0.1) is 49.4 Å². The smallest absolute Gasteiger partial charge is 0.294 e. The topological polar surface area (TPSA) is 102 Å². The van der Waals surface area contributed by atoms with Gasteiger partial charge in [-0.05, 0) is 0 Å². The van der Waals surface area contributed by atoms with E-state index in [1.54, 1.807) is 146 Å². The first-order valence-electron chi connectivity index (χ1n) is 16.3. The Balaban J connectivity index is 0.000000208. The van der Waals surface area contributed by atoms with Gasteiger partial charge in [-0.3, -0.25) is 28.8 Å². The molecule has 0 aliphatic rings. The van der Waals surface area contributed by atoms with E-state index in [0.29, 0.717) is 33.4 Å². The standard InChI is InChI=1S/3C15H12O2.Eu/c3*16-14(12-7-3-1-4-8-12)11-15(17)13-9-5-2-6-10-13;/h3*1-10H,11H2;/q;;;+3. The van der Waals surface area contributed by atoms with Crippen molar-refractivity contribution in [1.82, 2.24) is 0 Å². The van der Waals surface area contributed by atoms with Crippen LogP contribution in [0.3, 0.4) is 0 Å². The van der Waals surface area contributed by atoms with Gasteiger partial charge in [0.05, 0.1) is 19.3 Å². The second kappa shape index (κ2) is 22.7. The van der Waals surface area contributed by atoms with E-state index in [1.165, 1.54) is 0 Å². The fourth-order valence-electron chi connectivity index (χ4n) is 4.79. The monoisotopic (exact) mass is 825 g/mol. The van der Waals surface area contributed by atoms with Gasteiger partial charge in [0.2, 0.25) is 0 Å². The molecule has 0 radical (unpaired) electrons. The van der Waals surface area contributed by atoms with E-state index in [2.05, 4.69) is 0 Å². The molecule has 0 N–H and O–H groups in total. The molecule has 0 fully saturated rings. The van der Waals surface area contributed by atoms with Crippen molar-refractivity contribution >= 4 is 34.7 Å². The molecule has 0 amide bonds. The summed E-state index contributed by atoms with van der Waals surface area (Å²) in [5, 5.41) is 0. The zero-order chi connectivity index (χ0) is 36.3. The van der Waals surface area contributed by atoms with E-state index in [0.717, 1.165) is 0 Å². The van der Waals surface area contributed by atoms with Gasteiger partial charge in [-0.25, -0.2) is 0 Å². The Bertz CT molecular complexity index is 1640. The van der Waals surface area contributed by atoms with Crippen LogP contribution in [0.5, 0.6) is 0 Å². The second-order valence-electron chi connectivity index (χ2n) is 11.3. The van der Waals surface area contributed by atoms with Gasteiger partial charge in [-0.15, -0.1) is 0 Å². The first-order chi connectivity index (χ1) is 24.8. The molecule has 0 bridgehead atoms. The summed E-state index contributed by atoms with van der Waals surface area (Å²) >= 11 is 0. The zero-order valence-corrected chi connectivity index (χ0v) is 30.7. The molecule has 0 aliphatic heterocycles. The number of rotatable bonds is 12. The Morgan fingerprint density at radius 1 is 0.231 bits per heavy atom. The van der Waals surface area contributed by atoms with E-state index >= 15 is 0 Å². The minimum Gasteiger partial charge on any atom is -0.294 e. The van der Waals surface area contributed by atoms with Gasteiger partial charge in [-0.2, -0.15) is 0 Å². The quantitative estimate of drug-likeness (QED) is 0.0901. The number of hydrogen-bond acceptors (Lipinski definition) is 6. The minimum absolute atomic E-state index is 0. The molecular weight excluding hydrogens is 788 g/mol. The van der Waals surface area contributed by atoms with Crippen molar-refractivity contribution in [3.05, 3.63) is 215 Å². The van der Waals surface area contributed by atoms with Gasteiger partial charge in [0.1, 0.15) is 0 Å². The number of Topliss-reactive ketones (excluding diaryl/α,β-unsaturated/α-hetero) is 6. The predicted molar refractivity (Wildman–Crippen MR) is 198 cm³/mol. The summed E-state index contributed by atoms with van der Waals surface area (Å²) in [6.45, 7) is 0. The molecule has 0 aliphatic carbocycles. The van der Waals surface area contributed by atoms with Crippen molar-refractivity contribution in [3.8, 4) is 0 Å². The fraction of sp³-hybridized carbons (Fsp3) is 0.0667. The Hall–Kier alpha value is -5.08. The molecule has 0 saturated carbocycles. The molecule has 0 spiro atoms. The van der Waals surface area contributed by atoms with Crippen LogP contribution in [0.15, 0.2) is 182 Å². The van der Waals surface area contributed by atoms with Crippen molar-refractivity contribution in [3.63, 3.8) is 0 Å². The van der Waals surface area contributed by atoms with Crippen molar-refractivity contribution in [2.75, 3.05) is 0 Å². The molecule has 7 heteroatoms. The number of carbonyl (C=O) groups is 6. The predicted octanol–water partition coefficient (Wildman–Crippen LogP) is 9.43. The number of carbonyl (C=O) groups excluding carboxylic acids is 6. The molecule has 0 saturated heterocycles. The van der Waals surface area contributed by atoms with Crippen molar-refractivity contribution in [1.29, 1.82) is 0 Å². The van der Waals surface area contributed by atoms with Gasteiger partial charge in [0, 0.05) is 33.4 Å². The molecule has 6 rings (SSSR count). The van der Waals surface area contributed by atoms with Crippen molar-refractivity contribution in [2.45, 2.75) is 19.3 Å². The molecular formula is C45H36EuO6+3. The van der Waals surface area contributed by atoms with Crippen LogP contribution in [-0.2, 0) is 0 Å². The summed E-state index contributed by atoms with van der Waals surface area (Å²) in [6, 6.07) is 53.2. The maximum Gasteiger partial charge on any atom is 3.00 e. The molecule has 6 aromatic rings. The average molecular weight is 825 g/mol. The summed E-state index contributed by atoms with van der Waals surface area (Å²) < 4.78 is 0. The van der Waals surface area contributed by atoms with E-state index < -0.39 is 0 Å². The van der Waals surface area contributed by atoms with Gasteiger partial charge in [0.15, 0.2) is 34.7 Å². The maximum atomic E-state index is 11.8. The van der Waals surface area contributed by atoms with Crippen molar-refractivity contribution in [2.24, 2.45) is 0 Å². The van der Waals surface area contributed by atoms with Gasteiger partial charge < -0.3 is 0 Å². The van der Waals surface area contributed by atoms with Crippen molar-refractivity contribution < 1.29 is 78.1 Å². The van der Waals surface area contributed by atoms with E-state index in [1.807, 2.05) is 36.4 Å². The van der Waals surface area contributed by atoms with Crippen LogP contribution < -0.4 is 0 Å². The average Bonchev–Trinajstić information content (AvgIpc) is 3.20. The van der Waals surface area contributed by atoms with Gasteiger partial charge in [0.25, 0.3) is 0 Å². The third kappa shape index (κ3) is 13.9. The minimum atomic E-state index is -0.139. The van der Waals surface area contributed by atoms with Gasteiger partial charge >= 0.3 is 49.4 Å². The first kappa shape index (κ1) is 41.3. The number of ketones is 6. The first-order valence-corrected chi connectivity index (χ1v) is 16.3. The molecule has 0 atom stereocenters. The van der Waals surface area contributed by atoms with Crippen LogP contribution in [0.25, 0.3) is 0 Å². The third-order valence-corrected chi connectivity index (χ3v) is 7.54. The van der Waals surface area contributed by atoms with Crippen LogP contribution in [0.2, 0.25) is 0 Å². The largest absolute Gasteiger partial charge is 3.00 e. The van der Waals surface area contributed by atoms with E-state index in [9.17, 15) is 28.8 Å². The number of hydrogen-bond donors (Lipinski definition) is 0. The summed E-state index contributed by atoms with van der Waals surface area (Å²) in [5.41, 5.74) is 3.48. The Kier molecular flexibility index (Phi) is 18.0. The molecule has 52 heavy (non-hydrogen) atoms. The Labute approximate surface area is 344 Å². The molecule has 6 nitrogen and oxygen atoms in total. The normalized spacial score (nSPS) is 9.69. The fourth-order valence-corrected chi connectivity index (χ4v) is 4.79. The zero-order valence-electron chi connectivity index (χ0n) is 28.3. The van der Waals surface area contributed by atoms with Crippen LogP contribution in [0.4, 0.5) is 0 Å². The number of benzene rings is 6. The van der Waals surface area contributed by atoms with Crippen LogP contribution in [0.1, 0.15) is 81.4 Å². The van der Waals surface area contributed by atoms with Gasteiger partial charge in [-0.1, -0.05) is 182 Å². The molecule has 6 aromatic carbocycles. The van der Waals surface area contributed by atoms with Crippen LogP contribution in [-0.4, -0.2) is 34.7 Å². The second-order valence-corrected chi connectivity index (χ2v) is 11.3. The molecule has 256 valence electrons. The summed E-state index contributed by atoms with van der Waals surface area (Å²) in [4.78, 5) is 70.8. The molecule has 0 aromatic heterocycles. The Morgan fingerprint density at radius 3 is 0.462 bits per heavy atom. The molecule has 0 unspecified atom stereocenters. The SMILES string of the molecule is O=C(CC(=O)c1ccccc1)c1ccccc1.O=C(CC(=O)c1ccccc1)c1ccccc1.O=C(CC(=O)c1ccccc1)c1ccccc1.[Eu+3]. The summed E-state index contributed by atoms with van der Waals surface area (Å²) in [7, 11) is 0. The Morgan fingerprint density at radius 2 is 0.346 bits per heavy atom. The molecule has 0 heterocycles. The van der Waals surface area contributed by atoms with E-state index in [4.69, 9.17) is 0 Å². The van der Waals surface area contributed by atoms with E-state index in [-0.39, 0.29) is 103 Å². The summed E-state index contributed by atoms with van der Waals surface area (Å²) in [5.74, 6) is -0.836. The summed E-state index contributed by atoms with van der Waals surface area (Å²) in [6.07, 6.45) is -0.226. The third-order valence-electron chi connectivity index (χ3n) is 7.54. The van der Waals surface area contributed by atoms with Crippen LogP contribution >= 0.6 is 0 Å². The maximum absolute atomic E-state index is 11.8.